The van der Waals surface area contributed by atoms with Gasteiger partial charge in [-0.15, -0.1) is 0 Å². The molecule has 25 heavy (non-hydrogen) atoms. The first-order valence-corrected chi connectivity index (χ1v) is 7.97. The second kappa shape index (κ2) is 7.25. The van der Waals surface area contributed by atoms with Crippen LogP contribution in [0, 0.1) is 6.92 Å². The van der Waals surface area contributed by atoms with E-state index in [1.165, 1.54) is 0 Å². The third-order valence-corrected chi connectivity index (χ3v) is 3.88. The fourth-order valence-corrected chi connectivity index (χ4v) is 2.58. The molecule has 0 aliphatic carbocycles. The maximum absolute atomic E-state index is 12.2. The average molecular weight is 340 g/mol. The number of pyridine rings is 1. The SMILES string of the molecule is COc1ccc(CCNC(=O)c2cc3nc(C)ccc3o2)cc1OC. The molecule has 0 saturated heterocycles. The van der Waals surface area contributed by atoms with Gasteiger partial charge in [-0.05, 0) is 43.2 Å². The summed E-state index contributed by atoms with van der Waals surface area (Å²) in [6.07, 6.45) is 0.670. The summed E-state index contributed by atoms with van der Waals surface area (Å²) in [5.41, 5.74) is 3.22. The van der Waals surface area contributed by atoms with Gasteiger partial charge < -0.3 is 19.2 Å². The molecule has 3 rings (SSSR count). The molecule has 0 saturated carbocycles. The Morgan fingerprint density at radius 2 is 1.92 bits per heavy atom. The zero-order chi connectivity index (χ0) is 17.8. The molecule has 1 N–H and O–H groups in total. The maximum atomic E-state index is 12.2. The van der Waals surface area contributed by atoms with Gasteiger partial charge in [-0.1, -0.05) is 6.07 Å². The zero-order valence-electron chi connectivity index (χ0n) is 14.5. The number of hydrogen-bond acceptors (Lipinski definition) is 5. The van der Waals surface area contributed by atoms with Crippen molar-refractivity contribution in [2.45, 2.75) is 13.3 Å². The summed E-state index contributed by atoms with van der Waals surface area (Å²) in [6, 6.07) is 11.0. The molecular formula is C19H20N2O4. The van der Waals surface area contributed by atoms with E-state index in [9.17, 15) is 4.79 Å². The van der Waals surface area contributed by atoms with Crippen LogP contribution in [-0.4, -0.2) is 31.7 Å². The van der Waals surface area contributed by atoms with Crippen molar-refractivity contribution in [3.63, 3.8) is 0 Å². The van der Waals surface area contributed by atoms with E-state index in [-0.39, 0.29) is 11.7 Å². The molecule has 0 unspecified atom stereocenters. The second-order valence-corrected chi connectivity index (χ2v) is 5.64. The number of aryl methyl sites for hydroxylation is 1. The molecule has 1 amide bonds. The summed E-state index contributed by atoms with van der Waals surface area (Å²) in [5, 5.41) is 2.86. The Balaban J connectivity index is 1.62. The van der Waals surface area contributed by atoms with Crippen LogP contribution in [0.15, 0.2) is 40.8 Å². The summed E-state index contributed by atoms with van der Waals surface area (Å²) in [6.45, 7) is 2.38. The van der Waals surface area contributed by atoms with Crippen molar-refractivity contribution in [3.05, 3.63) is 53.4 Å². The number of carbonyl (C=O) groups is 1. The number of rotatable bonds is 6. The van der Waals surface area contributed by atoms with E-state index in [4.69, 9.17) is 13.9 Å². The van der Waals surface area contributed by atoms with Crippen LogP contribution in [-0.2, 0) is 6.42 Å². The van der Waals surface area contributed by atoms with Gasteiger partial charge in [0.15, 0.2) is 22.8 Å². The van der Waals surface area contributed by atoms with Gasteiger partial charge in [0.1, 0.15) is 5.52 Å². The first-order chi connectivity index (χ1) is 12.1. The Bertz CT molecular complexity index is 902. The van der Waals surface area contributed by atoms with Crippen molar-refractivity contribution in [3.8, 4) is 11.5 Å². The van der Waals surface area contributed by atoms with E-state index in [0.29, 0.717) is 35.6 Å². The van der Waals surface area contributed by atoms with Crippen molar-refractivity contribution in [1.82, 2.24) is 10.3 Å². The van der Waals surface area contributed by atoms with Crippen LogP contribution in [0.1, 0.15) is 21.8 Å². The van der Waals surface area contributed by atoms with E-state index in [2.05, 4.69) is 10.3 Å². The monoisotopic (exact) mass is 340 g/mol. The van der Waals surface area contributed by atoms with Crippen LogP contribution in [0.2, 0.25) is 0 Å². The standard InChI is InChI=1S/C19H20N2O4/c1-12-4-6-15-14(21-12)11-18(25-15)19(22)20-9-8-13-5-7-16(23-2)17(10-13)24-3/h4-7,10-11H,8-9H2,1-3H3,(H,20,22). The number of methoxy groups -OCH3 is 2. The van der Waals surface area contributed by atoms with Crippen molar-refractivity contribution in [1.29, 1.82) is 0 Å². The highest BCUT2D eigenvalue weighted by Gasteiger charge is 2.13. The molecule has 0 spiro atoms. The number of nitrogens with one attached hydrogen (secondary N) is 1. The first-order valence-electron chi connectivity index (χ1n) is 7.97. The number of fused-ring (bicyclic) bond motifs is 1. The molecule has 0 atom stereocenters. The smallest absolute Gasteiger partial charge is 0.287 e. The summed E-state index contributed by atoms with van der Waals surface area (Å²) in [5.74, 6) is 1.36. The number of amides is 1. The Morgan fingerprint density at radius 3 is 2.68 bits per heavy atom. The number of furan rings is 1. The quantitative estimate of drug-likeness (QED) is 0.746. The van der Waals surface area contributed by atoms with Gasteiger partial charge in [-0.25, -0.2) is 4.98 Å². The molecule has 0 aliphatic rings. The van der Waals surface area contributed by atoms with E-state index < -0.39 is 0 Å². The minimum absolute atomic E-state index is 0.254. The number of benzene rings is 1. The minimum Gasteiger partial charge on any atom is -0.493 e. The van der Waals surface area contributed by atoms with Gasteiger partial charge in [0.25, 0.3) is 5.91 Å². The maximum Gasteiger partial charge on any atom is 0.287 e. The fourth-order valence-electron chi connectivity index (χ4n) is 2.58. The van der Waals surface area contributed by atoms with Crippen molar-refractivity contribution >= 4 is 17.0 Å². The second-order valence-electron chi connectivity index (χ2n) is 5.64. The summed E-state index contributed by atoms with van der Waals surface area (Å²) >= 11 is 0. The lowest BCUT2D eigenvalue weighted by molar-refractivity contribution is 0.0928. The third-order valence-electron chi connectivity index (χ3n) is 3.88. The summed E-state index contributed by atoms with van der Waals surface area (Å²) in [7, 11) is 3.20. The fraction of sp³-hybridized carbons (Fsp3) is 0.263. The van der Waals surface area contributed by atoms with Gasteiger partial charge in [-0.2, -0.15) is 0 Å². The number of hydrogen-bond donors (Lipinski definition) is 1. The molecule has 130 valence electrons. The Morgan fingerprint density at radius 1 is 1.12 bits per heavy atom. The van der Waals surface area contributed by atoms with Gasteiger partial charge in [0.2, 0.25) is 0 Å². The van der Waals surface area contributed by atoms with Crippen molar-refractivity contribution in [2.24, 2.45) is 0 Å². The van der Waals surface area contributed by atoms with Gasteiger partial charge in [0, 0.05) is 18.3 Å². The van der Waals surface area contributed by atoms with Crippen LogP contribution in [0.3, 0.4) is 0 Å². The highest BCUT2D eigenvalue weighted by atomic mass is 16.5. The highest BCUT2D eigenvalue weighted by molar-refractivity contribution is 5.95. The molecule has 0 fully saturated rings. The van der Waals surface area contributed by atoms with Crippen LogP contribution in [0.5, 0.6) is 11.5 Å². The number of carbonyl (C=O) groups excluding carboxylic acids is 1. The molecule has 1 aromatic carbocycles. The van der Waals surface area contributed by atoms with E-state index in [1.807, 2.05) is 37.3 Å². The van der Waals surface area contributed by atoms with Crippen LogP contribution >= 0.6 is 0 Å². The van der Waals surface area contributed by atoms with E-state index in [0.717, 1.165) is 11.3 Å². The van der Waals surface area contributed by atoms with Gasteiger partial charge in [-0.3, -0.25) is 4.79 Å². The Hall–Kier alpha value is -3.02. The van der Waals surface area contributed by atoms with Crippen LogP contribution < -0.4 is 14.8 Å². The minimum atomic E-state index is -0.254. The number of aromatic nitrogens is 1. The van der Waals surface area contributed by atoms with E-state index >= 15 is 0 Å². The topological polar surface area (TPSA) is 73.6 Å². The largest absolute Gasteiger partial charge is 0.493 e. The zero-order valence-corrected chi connectivity index (χ0v) is 14.5. The lowest BCUT2D eigenvalue weighted by atomic mass is 10.1. The Labute approximate surface area is 145 Å². The van der Waals surface area contributed by atoms with Gasteiger partial charge >= 0.3 is 0 Å². The summed E-state index contributed by atoms with van der Waals surface area (Å²) in [4.78, 5) is 16.6. The molecular weight excluding hydrogens is 320 g/mol. The summed E-state index contributed by atoms with van der Waals surface area (Å²) < 4.78 is 16.0. The van der Waals surface area contributed by atoms with Crippen LogP contribution in [0.25, 0.3) is 11.1 Å². The van der Waals surface area contributed by atoms with Gasteiger partial charge in [0.05, 0.1) is 14.2 Å². The lowest BCUT2D eigenvalue weighted by Gasteiger charge is -2.09. The van der Waals surface area contributed by atoms with Crippen molar-refractivity contribution < 1.29 is 18.7 Å². The van der Waals surface area contributed by atoms with E-state index in [1.54, 1.807) is 20.3 Å². The molecule has 2 heterocycles. The molecule has 0 aliphatic heterocycles. The average Bonchev–Trinajstić information content (AvgIpc) is 3.04. The molecule has 0 bridgehead atoms. The third kappa shape index (κ3) is 3.74. The predicted molar refractivity (Wildman–Crippen MR) is 94.3 cm³/mol. The molecule has 6 heteroatoms. The van der Waals surface area contributed by atoms with Crippen molar-refractivity contribution in [2.75, 3.05) is 20.8 Å². The number of ether oxygens (including phenoxy) is 2. The predicted octanol–water partition coefficient (Wildman–Crippen LogP) is 3.13. The molecule has 2 aromatic heterocycles. The molecule has 3 aromatic rings. The number of nitrogens with zero attached hydrogens (tertiary/aromatic N) is 1. The first kappa shape index (κ1) is 16.8. The highest BCUT2D eigenvalue weighted by Crippen LogP contribution is 2.27. The molecule has 0 radical (unpaired) electrons. The lowest BCUT2D eigenvalue weighted by Crippen LogP contribution is -2.25. The normalized spacial score (nSPS) is 10.7. The molecule has 6 nitrogen and oxygen atoms in total. The van der Waals surface area contributed by atoms with Crippen LogP contribution in [0.4, 0.5) is 0 Å². The Kier molecular flexibility index (Phi) is 4.88.